The lowest BCUT2D eigenvalue weighted by Gasteiger charge is -2.18. The van der Waals surface area contributed by atoms with E-state index in [9.17, 15) is 14.4 Å². The molecule has 6 heteroatoms. The van der Waals surface area contributed by atoms with Crippen LogP contribution in [0.4, 0.5) is 0 Å². The maximum atomic E-state index is 12.8. The first-order chi connectivity index (χ1) is 31.0. The quantitative estimate of drug-likeness (QED) is 0.0199. The molecule has 1 atom stereocenters. The van der Waals surface area contributed by atoms with Gasteiger partial charge in [0.1, 0.15) is 13.2 Å². The second-order valence-electron chi connectivity index (χ2n) is 17.1. The summed E-state index contributed by atoms with van der Waals surface area (Å²) in [6, 6.07) is 0. The third-order valence-electron chi connectivity index (χ3n) is 11.0. The normalized spacial score (nSPS) is 12.7. The van der Waals surface area contributed by atoms with E-state index in [2.05, 4.69) is 75.5 Å². The molecule has 360 valence electrons. The topological polar surface area (TPSA) is 78.9 Å². The number of ether oxygens (including phenoxy) is 3. The van der Waals surface area contributed by atoms with Gasteiger partial charge in [0.25, 0.3) is 0 Å². The van der Waals surface area contributed by atoms with Gasteiger partial charge >= 0.3 is 17.9 Å². The summed E-state index contributed by atoms with van der Waals surface area (Å²) in [7, 11) is 0. The fourth-order valence-corrected chi connectivity index (χ4v) is 7.03. The third kappa shape index (κ3) is 49.5. The Morgan fingerprint density at radius 3 is 1.21 bits per heavy atom. The van der Waals surface area contributed by atoms with E-state index < -0.39 is 6.10 Å². The van der Waals surface area contributed by atoms with Gasteiger partial charge in [-0.25, -0.2) is 0 Å². The highest BCUT2D eigenvalue weighted by Gasteiger charge is 2.19. The average molecular weight is 877 g/mol. The molecule has 0 bridgehead atoms. The second-order valence-corrected chi connectivity index (χ2v) is 17.1. The number of esters is 3. The Balaban J connectivity index is 4.48. The molecule has 63 heavy (non-hydrogen) atoms. The zero-order chi connectivity index (χ0) is 45.8. The third-order valence-corrected chi connectivity index (χ3v) is 11.0. The molecular formula is C57H96O6. The highest BCUT2D eigenvalue weighted by Crippen LogP contribution is 2.14. The van der Waals surface area contributed by atoms with Crippen molar-refractivity contribution < 1.29 is 28.6 Å². The standard InChI is InChI=1S/C57H96O6/c1-4-7-10-13-16-19-22-25-27-28-30-32-35-38-41-44-47-50-56(59)62-53-54(52-61-55(58)49-46-43-40-37-34-31-24-21-18-15-12-9-6-3)63-57(60)51-48-45-42-39-36-33-29-26-23-20-17-14-11-8-5-2/h8,11,14,17,20,23,25-27,29,31,34,40,43,54H,4-7,9-10,12-13,15-16,18-19,21-22,24,28,30,32-33,35-39,41-42,44-53H2,1-3H3/b11-8+,17-14+,23-20+,27-25+,29-26+,34-31+,43-40+. The Hall–Kier alpha value is -3.41. The van der Waals surface area contributed by atoms with Crippen molar-refractivity contribution in [3.05, 3.63) is 85.1 Å². The minimum atomic E-state index is -0.813. The van der Waals surface area contributed by atoms with Crippen molar-refractivity contribution in [2.24, 2.45) is 0 Å². The summed E-state index contributed by atoms with van der Waals surface area (Å²) in [4.78, 5) is 37.9. The summed E-state index contributed by atoms with van der Waals surface area (Å²) in [6.07, 6.45) is 65.8. The Kier molecular flexibility index (Phi) is 48.5. The maximum absolute atomic E-state index is 12.8. The SMILES string of the molecule is CC/C=C/C=C/C=C/C=C/CCCCCCCC(=O)OC(COC(=O)CC/C=C/C/C=C/CCCCCCCC)COC(=O)CCCCCCCCC/C=C/CCCCCCCC. The predicted molar refractivity (Wildman–Crippen MR) is 270 cm³/mol. The van der Waals surface area contributed by atoms with Crippen LogP contribution in [0, 0.1) is 0 Å². The van der Waals surface area contributed by atoms with Crippen LogP contribution >= 0.6 is 0 Å². The zero-order valence-electron chi connectivity index (χ0n) is 41.1. The van der Waals surface area contributed by atoms with Crippen LogP contribution in [0.3, 0.4) is 0 Å². The molecule has 0 N–H and O–H groups in total. The molecule has 0 radical (unpaired) electrons. The van der Waals surface area contributed by atoms with E-state index in [1.807, 2.05) is 30.4 Å². The van der Waals surface area contributed by atoms with Gasteiger partial charge in [-0.2, -0.15) is 0 Å². The molecule has 6 nitrogen and oxygen atoms in total. The first-order valence-corrected chi connectivity index (χ1v) is 26.1. The van der Waals surface area contributed by atoms with E-state index in [-0.39, 0.29) is 44.0 Å². The van der Waals surface area contributed by atoms with Gasteiger partial charge in [-0.1, -0.05) is 221 Å². The highest BCUT2D eigenvalue weighted by atomic mass is 16.6. The molecule has 0 aliphatic carbocycles. The summed E-state index contributed by atoms with van der Waals surface area (Å²) in [5.74, 6) is -1.00. The van der Waals surface area contributed by atoms with Gasteiger partial charge in [0.2, 0.25) is 0 Å². The van der Waals surface area contributed by atoms with Gasteiger partial charge in [0, 0.05) is 19.3 Å². The first-order valence-electron chi connectivity index (χ1n) is 26.1. The molecule has 0 aliphatic rings. The minimum absolute atomic E-state index is 0.106. The lowest BCUT2D eigenvalue weighted by atomic mass is 10.1. The predicted octanol–water partition coefficient (Wildman–Crippen LogP) is 17.2. The molecule has 0 spiro atoms. The van der Waals surface area contributed by atoms with Gasteiger partial charge in [-0.15, -0.1) is 0 Å². The molecule has 0 aromatic rings. The van der Waals surface area contributed by atoms with Crippen LogP contribution in [0.25, 0.3) is 0 Å². The van der Waals surface area contributed by atoms with Crippen LogP contribution in [0.5, 0.6) is 0 Å². The van der Waals surface area contributed by atoms with E-state index in [0.717, 1.165) is 77.0 Å². The number of hydrogen-bond acceptors (Lipinski definition) is 6. The van der Waals surface area contributed by atoms with Crippen LogP contribution in [0.1, 0.15) is 239 Å². The van der Waals surface area contributed by atoms with E-state index in [1.165, 1.54) is 116 Å². The highest BCUT2D eigenvalue weighted by molar-refractivity contribution is 5.71. The van der Waals surface area contributed by atoms with Crippen molar-refractivity contribution in [3.63, 3.8) is 0 Å². The van der Waals surface area contributed by atoms with Gasteiger partial charge in [-0.05, 0) is 83.5 Å². The zero-order valence-corrected chi connectivity index (χ0v) is 41.1. The minimum Gasteiger partial charge on any atom is -0.462 e. The number of unbranched alkanes of at least 4 members (excludes halogenated alkanes) is 24. The van der Waals surface area contributed by atoms with Crippen LogP contribution in [-0.4, -0.2) is 37.2 Å². The van der Waals surface area contributed by atoms with Crippen molar-refractivity contribution in [3.8, 4) is 0 Å². The van der Waals surface area contributed by atoms with Gasteiger partial charge in [0.05, 0.1) is 0 Å². The number of hydrogen-bond donors (Lipinski definition) is 0. The largest absolute Gasteiger partial charge is 0.462 e. The van der Waals surface area contributed by atoms with Gasteiger partial charge < -0.3 is 14.2 Å². The molecule has 1 unspecified atom stereocenters. The van der Waals surface area contributed by atoms with Crippen molar-refractivity contribution in [1.82, 2.24) is 0 Å². The molecule has 0 heterocycles. The number of carbonyl (C=O) groups excluding carboxylic acids is 3. The molecule has 0 aromatic heterocycles. The Bertz CT molecular complexity index is 1240. The van der Waals surface area contributed by atoms with E-state index in [0.29, 0.717) is 12.8 Å². The van der Waals surface area contributed by atoms with Crippen molar-refractivity contribution in [2.75, 3.05) is 13.2 Å². The van der Waals surface area contributed by atoms with Crippen molar-refractivity contribution in [1.29, 1.82) is 0 Å². The second kappa shape index (κ2) is 51.2. The molecule has 0 saturated heterocycles. The summed E-state index contributed by atoms with van der Waals surface area (Å²) < 4.78 is 16.7. The van der Waals surface area contributed by atoms with Crippen LogP contribution < -0.4 is 0 Å². The smallest absolute Gasteiger partial charge is 0.306 e. The fourth-order valence-electron chi connectivity index (χ4n) is 7.03. The molecule has 0 aliphatic heterocycles. The lowest BCUT2D eigenvalue weighted by molar-refractivity contribution is -0.166. The molecule has 0 fully saturated rings. The molecule has 0 aromatic carbocycles. The summed E-state index contributed by atoms with van der Waals surface area (Å²) in [5.41, 5.74) is 0. The lowest BCUT2D eigenvalue weighted by Crippen LogP contribution is -2.30. The Labute approximate surface area is 388 Å². The first kappa shape index (κ1) is 59.6. The number of carbonyl (C=O) groups is 3. The maximum Gasteiger partial charge on any atom is 0.306 e. The summed E-state index contributed by atoms with van der Waals surface area (Å²) in [5, 5.41) is 0. The molecule has 0 rings (SSSR count). The van der Waals surface area contributed by atoms with Crippen LogP contribution in [-0.2, 0) is 28.6 Å². The molecule has 0 saturated carbocycles. The Morgan fingerprint density at radius 1 is 0.349 bits per heavy atom. The number of allylic oxidation sites excluding steroid dienone is 14. The van der Waals surface area contributed by atoms with Crippen LogP contribution in [0.15, 0.2) is 85.1 Å². The van der Waals surface area contributed by atoms with Gasteiger partial charge in [-0.3, -0.25) is 14.4 Å². The van der Waals surface area contributed by atoms with Crippen molar-refractivity contribution >= 4 is 17.9 Å². The Morgan fingerprint density at radius 2 is 0.714 bits per heavy atom. The van der Waals surface area contributed by atoms with Crippen molar-refractivity contribution in [2.45, 2.75) is 245 Å². The number of rotatable bonds is 46. The molecule has 0 amide bonds. The van der Waals surface area contributed by atoms with E-state index >= 15 is 0 Å². The monoisotopic (exact) mass is 877 g/mol. The summed E-state index contributed by atoms with van der Waals surface area (Å²) >= 11 is 0. The van der Waals surface area contributed by atoms with Crippen LogP contribution in [0.2, 0.25) is 0 Å². The molecular weight excluding hydrogens is 781 g/mol. The van der Waals surface area contributed by atoms with Gasteiger partial charge in [0.15, 0.2) is 6.10 Å². The average Bonchev–Trinajstić information content (AvgIpc) is 3.28. The van der Waals surface area contributed by atoms with E-state index in [1.54, 1.807) is 0 Å². The fraction of sp³-hybridized carbons (Fsp3) is 0.702. The summed E-state index contributed by atoms with van der Waals surface area (Å²) in [6.45, 7) is 6.41. The van der Waals surface area contributed by atoms with E-state index in [4.69, 9.17) is 14.2 Å².